The molecule has 0 bridgehead atoms. The van der Waals surface area contributed by atoms with E-state index >= 15 is 0 Å². The molecule has 8 heteroatoms. The molecule has 128 valence electrons. The van der Waals surface area contributed by atoms with Gasteiger partial charge in [0.05, 0.1) is 35.0 Å². The fraction of sp³-hybridized carbons (Fsp3) is 0. The Labute approximate surface area is 166 Å². The van der Waals surface area contributed by atoms with Crippen molar-refractivity contribution in [2.75, 3.05) is 5.32 Å². The van der Waals surface area contributed by atoms with Gasteiger partial charge in [0.2, 0.25) is 0 Å². The minimum absolute atomic E-state index is 0.247. The number of pyridine rings is 1. The van der Waals surface area contributed by atoms with Crippen LogP contribution in [0.25, 0.3) is 22.8 Å². The number of thiazole rings is 1. The third kappa shape index (κ3) is 3.65. The molecule has 0 saturated heterocycles. The van der Waals surface area contributed by atoms with Gasteiger partial charge in [-0.1, -0.05) is 12.1 Å². The normalized spacial score (nSPS) is 10.7. The van der Waals surface area contributed by atoms with E-state index in [4.69, 9.17) is 0 Å². The number of benzene rings is 1. The maximum absolute atomic E-state index is 12.0. The highest BCUT2D eigenvalue weighted by molar-refractivity contribution is 14.1. The molecule has 0 atom stereocenters. The van der Waals surface area contributed by atoms with Gasteiger partial charge in [-0.25, -0.2) is 9.97 Å². The minimum Gasteiger partial charge on any atom is -0.337 e. The number of aromatic amines is 1. The number of hydrogen-bond donors (Lipinski definition) is 2. The molecule has 0 fully saturated rings. The molecule has 1 aromatic carbocycles. The van der Waals surface area contributed by atoms with Gasteiger partial charge in [0, 0.05) is 14.5 Å². The summed E-state index contributed by atoms with van der Waals surface area (Å²) in [7, 11) is 0. The van der Waals surface area contributed by atoms with Crippen molar-refractivity contribution in [3.05, 3.63) is 68.9 Å². The highest BCUT2D eigenvalue weighted by Crippen LogP contribution is 2.23. The third-order valence-corrected chi connectivity index (χ3v) is 4.89. The first kappa shape index (κ1) is 16.9. The predicted molar refractivity (Wildman–Crippen MR) is 110 cm³/mol. The van der Waals surface area contributed by atoms with Gasteiger partial charge in [-0.15, -0.1) is 11.3 Å². The number of imidazole rings is 1. The van der Waals surface area contributed by atoms with E-state index in [2.05, 4.69) is 53.9 Å². The Balaban J connectivity index is 1.51. The Morgan fingerprint density at radius 3 is 2.77 bits per heavy atom. The first-order valence-electron chi connectivity index (χ1n) is 7.66. The largest absolute Gasteiger partial charge is 0.337 e. The maximum atomic E-state index is 12.0. The summed E-state index contributed by atoms with van der Waals surface area (Å²) >= 11 is 3.66. The fourth-order valence-electron chi connectivity index (χ4n) is 2.38. The minimum atomic E-state index is -0.247. The van der Waals surface area contributed by atoms with Crippen molar-refractivity contribution in [2.45, 2.75) is 0 Å². The molecule has 0 aliphatic heterocycles. The van der Waals surface area contributed by atoms with Crippen LogP contribution in [0.1, 0.15) is 10.5 Å². The van der Waals surface area contributed by atoms with Crippen LogP contribution in [0.3, 0.4) is 0 Å². The molecule has 6 nitrogen and oxygen atoms in total. The zero-order valence-electron chi connectivity index (χ0n) is 13.3. The lowest BCUT2D eigenvalue weighted by atomic mass is 10.2. The zero-order valence-corrected chi connectivity index (χ0v) is 16.3. The molecular formula is C18H12IN5OS. The molecule has 0 unspecified atom stereocenters. The average molecular weight is 473 g/mol. The Kier molecular flexibility index (Phi) is 4.76. The number of carbonyl (C=O) groups is 1. The van der Waals surface area contributed by atoms with Gasteiger partial charge < -0.3 is 10.3 Å². The van der Waals surface area contributed by atoms with E-state index in [1.54, 1.807) is 29.4 Å². The first-order valence-corrected chi connectivity index (χ1v) is 9.68. The van der Waals surface area contributed by atoms with E-state index in [1.165, 1.54) is 11.3 Å². The SMILES string of the molecule is O=C(Nc1ccc(-c2cnc(-c3cccc(I)c3)[nH]2)nc1)c1cscn1. The number of halogens is 1. The van der Waals surface area contributed by atoms with Crippen molar-refractivity contribution in [3.8, 4) is 22.8 Å². The number of carbonyl (C=O) groups excluding carboxylic acids is 1. The average Bonchev–Trinajstić information content (AvgIpc) is 3.35. The lowest BCUT2D eigenvalue weighted by molar-refractivity contribution is 0.102. The molecule has 26 heavy (non-hydrogen) atoms. The van der Waals surface area contributed by atoms with Gasteiger partial charge in [-0.2, -0.15) is 0 Å². The Morgan fingerprint density at radius 2 is 2.04 bits per heavy atom. The second-order valence-electron chi connectivity index (χ2n) is 5.42. The number of rotatable bonds is 4. The maximum Gasteiger partial charge on any atom is 0.275 e. The number of nitrogens with one attached hydrogen (secondary N) is 2. The molecule has 2 N–H and O–H groups in total. The summed E-state index contributed by atoms with van der Waals surface area (Å²) < 4.78 is 1.15. The standard InChI is InChI=1S/C18H12IN5OS/c19-12-3-1-2-11(6-12)17-21-8-15(24-17)14-5-4-13(7-20-14)23-18(25)16-9-26-10-22-16/h1-10H,(H,21,24)(H,23,25). The van der Waals surface area contributed by atoms with Crippen LogP contribution >= 0.6 is 33.9 Å². The molecule has 0 aliphatic rings. The summed E-state index contributed by atoms with van der Waals surface area (Å²) in [5.74, 6) is 0.546. The number of H-pyrrole nitrogens is 1. The van der Waals surface area contributed by atoms with Crippen molar-refractivity contribution in [2.24, 2.45) is 0 Å². The van der Waals surface area contributed by atoms with Crippen LogP contribution in [0.5, 0.6) is 0 Å². The number of nitrogens with zero attached hydrogens (tertiary/aromatic N) is 3. The van der Waals surface area contributed by atoms with Crippen LogP contribution in [-0.2, 0) is 0 Å². The Bertz CT molecular complexity index is 1040. The monoisotopic (exact) mass is 473 g/mol. The van der Waals surface area contributed by atoms with Gasteiger partial charge in [-0.3, -0.25) is 9.78 Å². The topological polar surface area (TPSA) is 83.6 Å². The molecule has 3 heterocycles. The molecule has 1 amide bonds. The zero-order chi connectivity index (χ0) is 17.9. The third-order valence-electron chi connectivity index (χ3n) is 3.64. The van der Waals surface area contributed by atoms with Crippen LogP contribution in [-0.4, -0.2) is 25.8 Å². The lowest BCUT2D eigenvalue weighted by Gasteiger charge is -2.04. The molecular weight excluding hydrogens is 461 g/mol. The van der Waals surface area contributed by atoms with Crippen LogP contribution in [0.4, 0.5) is 5.69 Å². The summed E-state index contributed by atoms with van der Waals surface area (Å²) in [4.78, 5) is 28.1. The molecule has 4 aromatic rings. The highest BCUT2D eigenvalue weighted by Gasteiger charge is 2.10. The Morgan fingerprint density at radius 1 is 1.12 bits per heavy atom. The van der Waals surface area contributed by atoms with Crippen LogP contribution in [0.2, 0.25) is 0 Å². The predicted octanol–water partition coefficient (Wildman–Crippen LogP) is 4.45. The first-order chi connectivity index (χ1) is 12.7. The molecule has 0 aliphatic carbocycles. The molecule has 3 aromatic heterocycles. The Hall–Kier alpha value is -2.59. The smallest absolute Gasteiger partial charge is 0.275 e. The van der Waals surface area contributed by atoms with Crippen molar-refractivity contribution in [1.82, 2.24) is 19.9 Å². The lowest BCUT2D eigenvalue weighted by Crippen LogP contribution is -2.12. The summed E-state index contributed by atoms with van der Waals surface area (Å²) in [5.41, 5.74) is 5.23. The molecule has 0 saturated carbocycles. The number of anilines is 1. The quantitative estimate of drug-likeness (QED) is 0.429. The summed E-state index contributed by atoms with van der Waals surface area (Å²) in [5, 5.41) is 4.48. The summed E-state index contributed by atoms with van der Waals surface area (Å²) in [6.45, 7) is 0. The van der Waals surface area contributed by atoms with Crippen molar-refractivity contribution in [3.63, 3.8) is 0 Å². The van der Waals surface area contributed by atoms with E-state index in [9.17, 15) is 4.79 Å². The number of hydrogen-bond acceptors (Lipinski definition) is 5. The molecule has 0 spiro atoms. The van der Waals surface area contributed by atoms with Gasteiger partial charge in [-0.05, 0) is 46.9 Å². The van der Waals surface area contributed by atoms with Crippen molar-refractivity contribution < 1.29 is 4.79 Å². The number of amides is 1. The van der Waals surface area contributed by atoms with Crippen LogP contribution in [0.15, 0.2) is 59.7 Å². The second-order valence-corrected chi connectivity index (χ2v) is 7.38. The van der Waals surface area contributed by atoms with Crippen molar-refractivity contribution >= 4 is 45.5 Å². The number of aromatic nitrogens is 4. The van der Waals surface area contributed by atoms with E-state index in [-0.39, 0.29) is 5.91 Å². The van der Waals surface area contributed by atoms with E-state index in [0.29, 0.717) is 11.4 Å². The second kappa shape index (κ2) is 7.34. The van der Waals surface area contributed by atoms with Gasteiger partial charge in [0.15, 0.2) is 0 Å². The van der Waals surface area contributed by atoms with Gasteiger partial charge >= 0.3 is 0 Å². The van der Waals surface area contributed by atoms with Crippen LogP contribution < -0.4 is 5.32 Å². The van der Waals surface area contributed by atoms with Gasteiger partial charge in [0.1, 0.15) is 11.5 Å². The van der Waals surface area contributed by atoms with E-state index in [0.717, 1.165) is 26.3 Å². The fourth-order valence-corrected chi connectivity index (χ4v) is 3.46. The van der Waals surface area contributed by atoms with E-state index < -0.39 is 0 Å². The highest BCUT2D eigenvalue weighted by atomic mass is 127. The molecule has 0 radical (unpaired) electrons. The van der Waals surface area contributed by atoms with Gasteiger partial charge in [0.25, 0.3) is 5.91 Å². The summed E-state index contributed by atoms with van der Waals surface area (Å²) in [6.07, 6.45) is 3.37. The summed E-state index contributed by atoms with van der Waals surface area (Å²) in [6, 6.07) is 11.7. The van der Waals surface area contributed by atoms with E-state index in [1.807, 2.05) is 24.3 Å². The van der Waals surface area contributed by atoms with Crippen LogP contribution in [0, 0.1) is 3.57 Å². The van der Waals surface area contributed by atoms with Crippen molar-refractivity contribution in [1.29, 1.82) is 0 Å². The molecule has 4 rings (SSSR count).